The lowest BCUT2D eigenvalue weighted by Gasteiger charge is -2.22. The molecule has 0 amide bonds. The highest BCUT2D eigenvalue weighted by molar-refractivity contribution is 5.85. The highest BCUT2D eigenvalue weighted by Crippen LogP contribution is 2.28. The second-order valence-corrected chi connectivity index (χ2v) is 3.54. The van der Waals surface area contributed by atoms with Crippen LogP contribution < -0.4 is 5.32 Å². The quantitative estimate of drug-likeness (QED) is 0.743. The van der Waals surface area contributed by atoms with E-state index in [-0.39, 0.29) is 24.8 Å². The number of hydrogen-bond acceptors (Lipinski definition) is 2. The Kier molecular flexibility index (Phi) is 5.50. The summed E-state index contributed by atoms with van der Waals surface area (Å²) < 4.78 is 0. The Balaban J connectivity index is 0.000000605. The largest absolute Gasteiger partial charge is 0.315 e. The van der Waals surface area contributed by atoms with Crippen molar-refractivity contribution in [2.45, 2.75) is 31.3 Å². The van der Waals surface area contributed by atoms with Crippen molar-refractivity contribution in [2.75, 3.05) is 20.1 Å². The van der Waals surface area contributed by atoms with Gasteiger partial charge in [0, 0.05) is 18.6 Å². The molecule has 1 unspecified atom stereocenters. The second-order valence-electron chi connectivity index (χ2n) is 3.54. The molecule has 4 heteroatoms. The van der Waals surface area contributed by atoms with Crippen LogP contribution in [0.2, 0.25) is 0 Å². The van der Waals surface area contributed by atoms with E-state index in [4.69, 9.17) is 0 Å². The number of nitrogens with zero attached hydrogens (tertiary/aromatic N) is 1. The first kappa shape index (κ1) is 12.5. The van der Waals surface area contributed by atoms with Crippen LogP contribution in [-0.4, -0.2) is 37.1 Å². The van der Waals surface area contributed by atoms with Crippen molar-refractivity contribution in [3.63, 3.8) is 0 Å². The Labute approximate surface area is 86.9 Å². The molecular weight excluding hydrogens is 195 g/mol. The lowest BCUT2D eigenvalue weighted by Crippen LogP contribution is -2.34. The van der Waals surface area contributed by atoms with Crippen molar-refractivity contribution in [3.05, 3.63) is 0 Å². The molecule has 0 aromatic rings. The van der Waals surface area contributed by atoms with Gasteiger partial charge in [-0.3, -0.25) is 4.90 Å². The second kappa shape index (κ2) is 5.28. The standard InChI is InChI=1S/C8H16N2.2ClH/c1-10(7-2-3-7)8-4-5-9-6-8;;/h7-9H,2-6H2,1H3;2*1H. The summed E-state index contributed by atoms with van der Waals surface area (Å²) in [6.07, 6.45) is 4.23. The maximum Gasteiger partial charge on any atom is 0.0232 e. The molecule has 1 N–H and O–H groups in total. The Bertz CT molecular complexity index is 122. The Morgan fingerprint density at radius 3 is 2.17 bits per heavy atom. The van der Waals surface area contributed by atoms with Crippen LogP contribution in [-0.2, 0) is 0 Å². The van der Waals surface area contributed by atoms with Gasteiger partial charge in [-0.2, -0.15) is 0 Å². The summed E-state index contributed by atoms with van der Waals surface area (Å²) in [5.41, 5.74) is 0. The maximum atomic E-state index is 3.39. The highest BCUT2D eigenvalue weighted by atomic mass is 35.5. The van der Waals surface area contributed by atoms with Gasteiger partial charge in [0.15, 0.2) is 0 Å². The molecule has 12 heavy (non-hydrogen) atoms. The third kappa shape index (κ3) is 2.77. The molecule has 2 rings (SSSR count). The normalized spacial score (nSPS) is 28.0. The maximum absolute atomic E-state index is 3.39. The summed E-state index contributed by atoms with van der Waals surface area (Å²) in [6.45, 7) is 2.44. The van der Waals surface area contributed by atoms with E-state index in [0.717, 1.165) is 12.1 Å². The molecular formula is C8H18Cl2N2. The fourth-order valence-corrected chi connectivity index (χ4v) is 1.77. The van der Waals surface area contributed by atoms with E-state index >= 15 is 0 Å². The molecule has 1 aliphatic carbocycles. The minimum Gasteiger partial charge on any atom is -0.315 e. The minimum absolute atomic E-state index is 0. The van der Waals surface area contributed by atoms with E-state index in [1.807, 2.05) is 0 Å². The SMILES string of the molecule is CN(C1CC1)C1CCNC1.Cl.Cl. The van der Waals surface area contributed by atoms with E-state index in [1.165, 1.54) is 32.4 Å². The Hall–Kier alpha value is 0.500. The smallest absolute Gasteiger partial charge is 0.0232 e. The summed E-state index contributed by atoms with van der Waals surface area (Å²) in [5, 5.41) is 3.39. The summed E-state index contributed by atoms with van der Waals surface area (Å²) >= 11 is 0. The van der Waals surface area contributed by atoms with Crippen LogP contribution in [0, 0.1) is 0 Å². The molecule has 2 aliphatic rings. The average Bonchev–Trinajstić information content (AvgIpc) is 2.65. The number of halogens is 2. The van der Waals surface area contributed by atoms with Crippen LogP contribution in [0.1, 0.15) is 19.3 Å². The van der Waals surface area contributed by atoms with Gasteiger partial charge in [-0.05, 0) is 32.9 Å². The average molecular weight is 213 g/mol. The molecule has 1 saturated carbocycles. The fourth-order valence-electron chi connectivity index (χ4n) is 1.77. The molecule has 0 aromatic carbocycles. The summed E-state index contributed by atoms with van der Waals surface area (Å²) in [5.74, 6) is 0. The number of hydrogen-bond donors (Lipinski definition) is 1. The predicted octanol–water partition coefficient (Wildman–Crippen LogP) is 1.29. The molecule has 0 spiro atoms. The molecule has 2 fully saturated rings. The Morgan fingerprint density at radius 2 is 1.75 bits per heavy atom. The van der Waals surface area contributed by atoms with E-state index in [0.29, 0.717) is 0 Å². The third-order valence-electron chi connectivity index (χ3n) is 2.73. The zero-order valence-corrected chi connectivity index (χ0v) is 9.09. The van der Waals surface area contributed by atoms with Crippen LogP contribution >= 0.6 is 24.8 Å². The van der Waals surface area contributed by atoms with Crippen LogP contribution in [0.4, 0.5) is 0 Å². The van der Waals surface area contributed by atoms with Crippen LogP contribution in [0.3, 0.4) is 0 Å². The first-order valence-corrected chi connectivity index (χ1v) is 4.30. The molecule has 74 valence electrons. The summed E-state index contributed by atoms with van der Waals surface area (Å²) in [7, 11) is 2.27. The van der Waals surface area contributed by atoms with Crippen molar-refractivity contribution in [1.29, 1.82) is 0 Å². The van der Waals surface area contributed by atoms with Crippen molar-refractivity contribution in [3.8, 4) is 0 Å². The van der Waals surface area contributed by atoms with Gasteiger partial charge in [-0.25, -0.2) is 0 Å². The van der Waals surface area contributed by atoms with Crippen molar-refractivity contribution in [1.82, 2.24) is 10.2 Å². The van der Waals surface area contributed by atoms with E-state index in [2.05, 4.69) is 17.3 Å². The lowest BCUT2D eigenvalue weighted by atomic mass is 10.2. The van der Waals surface area contributed by atoms with E-state index in [1.54, 1.807) is 0 Å². The highest BCUT2D eigenvalue weighted by Gasteiger charge is 2.31. The van der Waals surface area contributed by atoms with Crippen molar-refractivity contribution < 1.29 is 0 Å². The zero-order valence-electron chi connectivity index (χ0n) is 7.45. The van der Waals surface area contributed by atoms with Gasteiger partial charge in [0.25, 0.3) is 0 Å². The third-order valence-corrected chi connectivity index (χ3v) is 2.73. The fraction of sp³-hybridized carbons (Fsp3) is 1.00. The van der Waals surface area contributed by atoms with Gasteiger partial charge < -0.3 is 5.32 Å². The van der Waals surface area contributed by atoms with Gasteiger partial charge in [0.05, 0.1) is 0 Å². The number of nitrogens with one attached hydrogen (secondary N) is 1. The van der Waals surface area contributed by atoms with Crippen LogP contribution in [0.25, 0.3) is 0 Å². The predicted molar refractivity (Wildman–Crippen MR) is 56.6 cm³/mol. The molecule has 2 nitrogen and oxygen atoms in total. The van der Waals surface area contributed by atoms with Crippen molar-refractivity contribution in [2.24, 2.45) is 0 Å². The molecule has 1 aliphatic heterocycles. The van der Waals surface area contributed by atoms with Crippen LogP contribution in [0.15, 0.2) is 0 Å². The topological polar surface area (TPSA) is 15.3 Å². The Morgan fingerprint density at radius 1 is 1.08 bits per heavy atom. The van der Waals surface area contributed by atoms with Gasteiger partial charge in [-0.15, -0.1) is 24.8 Å². The number of likely N-dealkylation sites (N-methyl/N-ethyl adjacent to an activating group) is 1. The van der Waals surface area contributed by atoms with E-state index < -0.39 is 0 Å². The van der Waals surface area contributed by atoms with Gasteiger partial charge in [-0.1, -0.05) is 0 Å². The molecule has 1 saturated heterocycles. The molecule has 1 atom stereocenters. The van der Waals surface area contributed by atoms with Crippen LogP contribution in [0.5, 0.6) is 0 Å². The van der Waals surface area contributed by atoms with Crippen molar-refractivity contribution >= 4 is 24.8 Å². The minimum atomic E-state index is 0. The summed E-state index contributed by atoms with van der Waals surface area (Å²) in [4.78, 5) is 2.56. The van der Waals surface area contributed by atoms with Gasteiger partial charge in [0.2, 0.25) is 0 Å². The van der Waals surface area contributed by atoms with Gasteiger partial charge in [0.1, 0.15) is 0 Å². The first-order valence-electron chi connectivity index (χ1n) is 4.30. The monoisotopic (exact) mass is 212 g/mol. The first-order chi connectivity index (χ1) is 4.88. The summed E-state index contributed by atoms with van der Waals surface area (Å²) in [6, 6.07) is 1.78. The van der Waals surface area contributed by atoms with Gasteiger partial charge >= 0.3 is 0 Å². The zero-order chi connectivity index (χ0) is 6.97. The lowest BCUT2D eigenvalue weighted by molar-refractivity contribution is 0.247. The van der Waals surface area contributed by atoms with E-state index in [9.17, 15) is 0 Å². The molecule has 0 radical (unpaired) electrons. The molecule has 1 heterocycles. The number of rotatable bonds is 2. The molecule has 0 bridgehead atoms. The molecule has 0 aromatic heterocycles.